The summed E-state index contributed by atoms with van der Waals surface area (Å²) < 4.78 is 44.1. The number of alkyl halides is 3. The number of oxime groups is 1. The van der Waals surface area contributed by atoms with Gasteiger partial charge in [-0.1, -0.05) is 5.16 Å². The van der Waals surface area contributed by atoms with Gasteiger partial charge in [-0.05, 0) is 39.0 Å². The molecule has 0 saturated heterocycles. The van der Waals surface area contributed by atoms with Crippen molar-refractivity contribution in [2.75, 3.05) is 0 Å². The van der Waals surface area contributed by atoms with Gasteiger partial charge >= 0.3 is 6.18 Å². The van der Waals surface area contributed by atoms with Crippen LogP contribution in [0.5, 0.6) is 5.75 Å². The van der Waals surface area contributed by atoms with Gasteiger partial charge in [0.1, 0.15) is 11.4 Å². The minimum Gasteiger partial charge on any atom is -0.488 e. The monoisotopic (exact) mass is 276 g/mol. The molecule has 1 aromatic rings. The largest absolute Gasteiger partial charge is 0.488 e. The third-order valence-electron chi connectivity index (χ3n) is 2.10. The van der Waals surface area contributed by atoms with Gasteiger partial charge in [0, 0.05) is 5.56 Å². The number of benzene rings is 1. The Hall–Kier alpha value is -1.92. The molecule has 0 radical (unpaired) electrons. The lowest BCUT2D eigenvalue weighted by Gasteiger charge is -2.24. The number of amidine groups is 1. The Morgan fingerprint density at radius 1 is 1.26 bits per heavy atom. The van der Waals surface area contributed by atoms with Crippen LogP contribution in [0.15, 0.2) is 23.4 Å². The molecule has 7 heteroatoms. The van der Waals surface area contributed by atoms with E-state index in [2.05, 4.69) is 5.16 Å². The summed E-state index contributed by atoms with van der Waals surface area (Å²) in [7, 11) is 0. The van der Waals surface area contributed by atoms with Gasteiger partial charge in [0.2, 0.25) is 0 Å². The molecule has 0 unspecified atom stereocenters. The minimum atomic E-state index is -4.59. The summed E-state index contributed by atoms with van der Waals surface area (Å²) in [4.78, 5) is 0. The molecule has 0 aliphatic rings. The lowest BCUT2D eigenvalue weighted by atomic mass is 10.1. The highest BCUT2D eigenvalue weighted by atomic mass is 19.4. The van der Waals surface area contributed by atoms with Gasteiger partial charge in [0.15, 0.2) is 5.84 Å². The summed E-state index contributed by atoms with van der Waals surface area (Å²) in [6.45, 7) is 4.93. The number of hydrogen-bond donors (Lipinski definition) is 2. The zero-order valence-corrected chi connectivity index (χ0v) is 10.7. The molecular weight excluding hydrogens is 261 g/mol. The molecule has 1 aromatic carbocycles. The number of ether oxygens (including phenoxy) is 1. The van der Waals surface area contributed by atoms with Gasteiger partial charge < -0.3 is 15.7 Å². The van der Waals surface area contributed by atoms with E-state index in [0.717, 1.165) is 12.1 Å². The molecular formula is C12H15F3N2O2. The van der Waals surface area contributed by atoms with E-state index in [1.54, 1.807) is 20.8 Å². The molecule has 0 aromatic heterocycles. The Kier molecular flexibility index (Phi) is 3.97. The van der Waals surface area contributed by atoms with E-state index in [4.69, 9.17) is 15.7 Å². The maximum absolute atomic E-state index is 12.9. The second kappa shape index (κ2) is 4.99. The maximum Gasteiger partial charge on any atom is 0.419 e. The molecule has 0 amide bonds. The van der Waals surface area contributed by atoms with Gasteiger partial charge in [-0.2, -0.15) is 13.2 Å². The number of nitrogens with two attached hydrogens (primary N) is 1. The van der Waals surface area contributed by atoms with Gasteiger partial charge in [0.25, 0.3) is 0 Å². The normalized spacial score (nSPS) is 13.5. The molecule has 0 spiro atoms. The van der Waals surface area contributed by atoms with Crippen molar-refractivity contribution >= 4 is 5.84 Å². The number of nitrogens with zero attached hydrogens (tertiary/aromatic N) is 1. The number of hydrogen-bond acceptors (Lipinski definition) is 3. The topological polar surface area (TPSA) is 67.8 Å². The summed E-state index contributed by atoms with van der Waals surface area (Å²) in [5.41, 5.74) is 3.51. The Morgan fingerprint density at radius 2 is 1.84 bits per heavy atom. The average Bonchev–Trinajstić information content (AvgIpc) is 2.25. The van der Waals surface area contributed by atoms with Crippen LogP contribution < -0.4 is 10.5 Å². The summed E-state index contributed by atoms with van der Waals surface area (Å²) in [5.74, 6) is -0.692. The standard InChI is InChI=1S/C12H15F3N2O2/c1-11(2,3)19-9-5-4-7(10(16)17-18)6-8(9)12(13,14)15/h4-6,18H,1-3H3,(H2,16,17). The van der Waals surface area contributed by atoms with Crippen LogP contribution in [0.25, 0.3) is 0 Å². The molecule has 3 N–H and O–H groups in total. The first-order valence-electron chi connectivity index (χ1n) is 5.43. The molecule has 0 aliphatic carbocycles. The molecule has 0 aliphatic heterocycles. The van der Waals surface area contributed by atoms with Crippen molar-refractivity contribution in [3.05, 3.63) is 29.3 Å². The third-order valence-corrected chi connectivity index (χ3v) is 2.10. The lowest BCUT2D eigenvalue weighted by Crippen LogP contribution is -2.25. The highest BCUT2D eigenvalue weighted by Gasteiger charge is 2.35. The first kappa shape index (κ1) is 15.1. The van der Waals surface area contributed by atoms with Crippen molar-refractivity contribution in [3.63, 3.8) is 0 Å². The summed E-state index contributed by atoms with van der Waals surface area (Å²) in [6.07, 6.45) is -4.59. The Bertz CT molecular complexity index is 491. The van der Waals surface area contributed by atoms with E-state index in [1.807, 2.05) is 0 Å². The fourth-order valence-corrected chi connectivity index (χ4v) is 1.39. The molecule has 0 atom stereocenters. The Morgan fingerprint density at radius 3 is 2.26 bits per heavy atom. The SMILES string of the molecule is CC(C)(C)Oc1ccc(/C(N)=N/O)cc1C(F)(F)F. The molecule has 106 valence electrons. The molecule has 0 fully saturated rings. The van der Waals surface area contributed by atoms with Crippen molar-refractivity contribution in [2.24, 2.45) is 10.9 Å². The van der Waals surface area contributed by atoms with Gasteiger partial charge in [-0.3, -0.25) is 0 Å². The predicted octanol–water partition coefficient (Wildman–Crippen LogP) is 2.98. The van der Waals surface area contributed by atoms with Crippen LogP contribution in [0, 0.1) is 0 Å². The third kappa shape index (κ3) is 4.04. The smallest absolute Gasteiger partial charge is 0.419 e. The van der Waals surface area contributed by atoms with E-state index in [-0.39, 0.29) is 11.3 Å². The fraction of sp³-hybridized carbons (Fsp3) is 0.417. The highest BCUT2D eigenvalue weighted by molar-refractivity contribution is 5.97. The van der Waals surface area contributed by atoms with Crippen LogP contribution in [0.3, 0.4) is 0 Å². The fourth-order valence-electron chi connectivity index (χ4n) is 1.39. The van der Waals surface area contributed by atoms with Crippen molar-refractivity contribution in [1.82, 2.24) is 0 Å². The van der Waals surface area contributed by atoms with E-state index in [0.29, 0.717) is 0 Å². The lowest BCUT2D eigenvalue weighted by molar-refractivity contribution is -0.139. The van der Waals surface area contributed by atoms with Crippen LogP contribution in [-0.2, 0) is 6.18 Å². The van der Waals surface area contributed by atoms with E-state index in [1.165, 1.54) is 6.07 Å². The Labute approximate surface area is 108 Å². The molecule has 0 heterocycles. The van der Waals surface area contributed by atoms with E-state index < -0.39 is 23.2 Å². The summed E-state index contributed by atoms with van der Waals surface area (Å²) in [6, 6.07) is 3.24. The highest BCUT2D eigenvalue weighted by Crippen LogP contribution is 2.38. The zero-order valence-electron chi connectivity index (χ0n) is 10.7. The van der Waals surface area contributed by atoms with Crippen molar-refractivity contribution in [3.8, 4) is 5.75 Å². The number of rotatable bonds is 2. The molecule has 0 bridgehead atoms. The predicted molar refractivity (Wildman–Crippen MR) is 64.3 cm³/mol. The van der Waals surface area contributed by atoms with Crippen LogP contribution in [0.2, 0.25) is 0 Å². The Balaban J connectivity index is 3.34. The molecule has 1 rings (SSSR count). The van der Waals surface area contributed by atoms with E-state index >= 15 is 0 Å². The quantitative estimate of drug-likeness (QED) is 0.377. The van der Waals surface area contributed by atoms with Crippen molar-refractivity contribution in [2.45, 2.75) is 32.5 Å². The first-order valence-corrected chi connectivity index (χ1v) is 5.43. The van der Waals surface area contributed by atoms with Crippen LogP contribution in [0.1, 0.15) is 31.9 Å². The zero-order chi connectivity index (χ0) is 14.8. The summed E-state index contributed by atoms with van der Waals surface area (Å²) in [5, 5.41) is 11.2. The number of halogens is 3. The van der Waals surface area contributed by atoms with Crippen LogP contribution >= 0.6 is 0 Å². The molecule has 0 saturated carbocycles. The van der Waals surface area contributed by atoms with E-state index in [9.17, 15) is 13.2 Å². The minimum absolute atomic E-state index is 0.0314. The van der Waals surface area contributed by atoms with Gasteiger partial charge in [-0.15, -0.1) is 0 Å². The van der Waals surface area contributed by atoms with Crippen molar-refractivity contribution < 1.29 is 23.1 Å². The maximum atomic E-state index is 12.9. The summed E-state index contributed by atoms with van der Waals surface area (Å²) >= 11 is 0. The van der Waals surface area contributed by atoms with Gasteiger partial charge in [-0.25, -0.2) is 0 Å². The average molecular weight is 276 g/mol. The second-order valence-corrected chi connectivity index (χ2v) is 4.91. The second-order valence-electron chi connectivity index (χ2n) is 4.91. The molecule has 19 heavy (non-hydrogen) atoms. The van der Waals surface area contributed by atoms with Gasteiger partial charge in [0.05, 0.1) is 5.56 Å². The molecule has 4 nitrogen and oxygen atoms in total. The van der Waals surface area contributed by atoms with Crippen molar-refractivity contribution in [1.29, 1.82) is 0 Å². The first-order chi connectivity index (χ1) is 8.54. The van der Waals surface area contributed by atoms with Crippen LogP contribution in [-0.4, -0.2) is 16.6 Å². The van der Waals surface area contributed by atoms with Crippen LogP contribution in [0.4, 0.5) is 13.2 Å².